The minimum Gasteiger partial charge on any atom is -0.545 e. The van der Waals surface area contributed by atoms with E-state index in [-0.39, 0.29) is 16.6 Å². The van der Waals surface area contributed by atoms with Crippen molar-refractivity contribution in [3.05, 3.63) is 59.2 Å². The van der Waals surface area contributed by atoms with Crippen molar-refractivity contribution in [3.63, 3.8) is 0 Å². The highest BCUT2D eigenvalue weighted by atomic mass is 32.1. The smallest absolute Gasteiger partial charge is 0.257 e. The van der Waals surface area contributed by atoms with Gasteiger partial charge in [-0.3, -0.25) is 10.1 Å². The number of amides is 1. The third-order valence-corrected chi connectivity index (χ3v) is 3.43. The number of carbonyl (C=O) groups excluding carboxylic acids is 2. The molecule has 2 aromatic carbocycles. The number of carboxylic acid groups (broad SMARTS) is 1. The minimum absolute atomic E-state index is 0.0226. The van der Waals surface area contributed by atoms with Crippen LogP contribution in [0.2, 0.25) is 0 Å². The van der Waals surface area contributed by atoms with E-state index in [1.807, 2.05) is 19.1 Å². The molecule has 6 nitrogen and oxygen atoms in total. The molecule has 2 N–H and O–H groups in total. The van der Waals surface area contributed by atoms with Crippen molar-refractivity contribution in [1.29, 1.82) is 0 Å². The van der Waals surface area contributed by atoms with Crippen LogP contribution in [0.15, 0.2) is 42.5 Å². The van der Waals surface area contributed by atoms with Crippen molar-refractivity contribution in [2.75, 3.05) is 12.4 Å². The van der Waals surface area contributed by atoms with Crippen LogP contribution < -0.4 is 20.5 Å². The molecule has 0 aliphatic carbocycles. The van der Waals surface area contributed by atoms with Gasteiger partial charge in [0.15, 0.2) is 5.11 Å². The summed E-state index contributed by atoms with van der Waals surface area (Å²) in [6.45, 7) is 1.92. The molecule has 0 aliphatic rings. The van der Waals surface area contributed by atoms with Crippen molar-refractivity contribution < 1.29 is 19.4 Å². The third-order valence-electron chi connectivity index (χ3n) is 3.22. The molecular formula is C17H15N2O4S-. The molecule has 0 unspecified atom stereocenters. The number of benzene rings is 2. The monoisotopic (exact) mass is 343 g/mol. The Labute approximate surface area is 144 Å². The molecule has 0 atom stereocenters. The maximum absolute atomic E-state index is 12.1. The van der Waals surface area contributed by atoms with Gasteiger partial charge in [0.1, 0.15) is 5.75 Å². The largest absolute Gasteiger partial charge is 0.545 e. The van der Waals surface area contributed by atoms with Gasteiger partial charge in [0.25, 0.3) is 5.91 Å². The van der Waals surface area contributed by atoms with Crippen LogP contribution in [0.5, 0.6) is 5.75 Å². The molecule has 0 aliphatic heterocycles. The van der Waals surface area contributed by atoms with Gasteiger partial charge in [-0.15, -0.1) is 0 Å². The van der Waals surface area contributed by atoms with Crippen molar-refractivity contribution in [2.24, 2.45) is 0 Å². The molecule has 0 fully saturated rings. The fourth-order valence-electron chi connectivity index (χ4n) is 1.97. The molecule has 1 amide bonds. The second-order valence-electron chi connectivity index (χ2n) is 4.98. The molecular weight excluding hydrogens is 328 g/mol. The van der Waals surface area contributed by atoms with Gasteiger partial charge in [-0.2, -0.15) is 0 Å². The molecule has 2 aromatic rings. The van der Waals surface area contributed by atoms with Crippen molar-refractivity contribution >= 4 is 34.9 Å². The quantitative estimate of drug-likeness (QED) is 0.818. The van der Waals surface area contributed by atoms with Crippen LogP contribution in [-0.2, 0) is 0 Å². The lowest BCUT2D eigenvalue weighted by Gasteiger charge is -2.14. The average Bonchev–Trinajstić information content (AvgIpc) is 2.55. The van der Waals surface area contributed by atoms with Gasteiger partial charge in [0, 0.05) is 5.56 Å². The second-order valence-corrected chi connectivity index (χ2v) is 5.39. The maximum Gasteiger partial charge on any atom is 0.257 e. The first-order chi connectivity index (χ1) is 11.4. The number of hydrogen-bond donors (Lipinski definition) is 2. The van der Waals surface area contributed by atoms with Crippen LogP contribution in [-0.4, -0.2) is 24.1 Å². The molecule has 0 heterocycles. The molecule has 0 aromatic heterocycles. The van der Waals surface area contributed by atoms with Gasteiger partial charge in [-0.25, -0.2) is 0 Å². The summed E-state index contributed by atoms with van der Waals surface area (Å²) in [7, 11) is 1.44. The summed E-state index contributed by atoms with van der Waals surface area (Å²) in [5.41, 5.74) is 1.77. The summed E-state index contributed by atoms with van der Waals surface area (Å²) in [4.78, 5) is 23.1. The summed E-state index contributed by atoms with van der Waals surface area (Å²) in [6.07, 6.45) is 0. The van der Waals surface area contributed by atoms with E-state index in [1.54, 1.807) is 12.1 Å². The lowest BCUT2D eigenvalue weighted by atomic mass is 10.1. The molecule has 2 rings (SSSR count). The molecule has 0 radical (unpaired) electrons. The number of anilines is 1. The lowest BCUT2D eigenvalue weighted by Crippen LogP contribution is -2.34. The first-order valence-electron chi connectivity index (χ1n) is 6.99. The van der Waals surface area contributed by atoms with Gasteiger partial charge in [0.05, 0.1) is 18.8 Å². The molecule has 0 bridgehead atoms. The van der Waals surface area contributed by atoms with Gasteiger partial charge in [-0.1, -0.05) is 17.7 Å². The predicted molar refractivity (Wildman–Crippen MR) is 92.2 cm³/mol. The van der Waals surface area contributed by atoms with Gasteiger partial charge >= 0.3 is 0 Å². The van der Waals surface area contributed by atoms with Crippen LogP contribution in [0.25, 0.3) is 0 Å². The van der Waals surface area contributed by atoms with E-state index >= 15 is 0 Å². The van der Waals surface area contributed by atoms with Crippen LogP contribution in [0.4, 0.5) is 5.69 Å². The fourth-order valence-corrected chi connectivity index (χ4v) is 2.17. The Bertz CT molecular complexity index is 788. The van der Waals surface area contributed by atoms with E-state index in [0.29, 0.717) is 17.0 Å². The zero-order valence-electron chi connectivity index (χ0n) is 13.1. The van der Waals surface area contributed by atoms with E-state index < -0.39 is 5.97 Å². The Morgan fingerprint density at radius 2 is 1.71 bits per heavy atom. The minimum atomic E-state index is -1.32. The first kappa shape index (κ1) is 17.4. The fraction of sp³-hybridized carbons (Fsp3) is 0.118. The number of thiocarbonyl (C=S) groups is 1. The van der Waals surface area contributed by atoms with Crippen LogP contribution in [0, 0.1) is 6.92 Å². The molecule has 7 heteroatoms. The number of carbonyl (C=O) groups is 2. The van der Waals surface area contributed by atoms with Crippen molar-refractivity contribution in [1.82, 2.24) is 5.32 Å². The van der Waals surface area contributed by atoms with E-state index in [0.717, 1.165) is 5.56 Å². The standard InChI is InChI=1S/C17H16N2O4S/c1-10-3-5-11(6-4-10)15(20)19-17(24)18-13-9-12(16(21)22)7-8-14(13)23-2/h3-9H,1-2H3,(H,21,22)(H2,18,19,20,24)/p-1. The Balaban J connectivity index is 2.11. The molecule has 24 heavy (non-hydrogen) atoms. The number of aromatic carboxylic acids is 1. The Morgan fingerprint density at radius 3 is 2.29 bits per heavy atom. The predicted octanol–water partition coefficient (Wildman–Crippen LogP) is 1.49. The average molecular weight is 343 g/mol. The van der Waals surface area contributed by atoms with E-state index in [2.05, 4.69) is 10.6 Å². The number of aryl methyl sites for hydroxylation is 1. The number of carboxylic acids is 1. The van der Waals surface area contributed by atoms with Crippen LogP contribution in [0.1, 0.15) is 26.3 Å². The van der Waals surface area contributed by atoms with E-state index in [1.165, 1.54) is 25.3 Å². The zero-order valence-corrected chi connectivity index (χ0v) is 13.9. The number of hydrogen-bond acceptors (Lipinski definition) is 5. The molecule has 0 spiro atoms. The summed E-state index contributed by atoms with van der Waals surface area (Å²) in [6, 6.07) is 11.1. The Hall–Kier alpha value is -2.93. The highest BCUT2D eigenvalue weighted by Gasteiger charge is 2.11. The number of methoxy groups -OCH3 is 1. The third kappa shape index (κ3) is 4.30. The van der Waals surface area contributed by atoms with E-state index in [9.17, 15) is 14.7 Å². The molecule has 0 saturated carbocycles. The molecule has 0 saturated heterocycles. The zero-order chi connectivity index (χ0) is 17.7. The van der Waals surface area contributed by atoms with Crippen molar-refractivity contribution in [3.8, 4) is 5.75 Å². The Kier molecular flexibility index (Phi) is 5.49. The second kappa shape index (κ2) is 7.56. The van der Waals surface area contributed by atoms with E-state index in [4.69, 9.17) is 17.0 Å². The summed E-state index contributed by atoms with van der Waals surface area (Å²) in [5.74, 6) is -1.32. The van der Waals surface area contributed by atoms with Crippen molar-refractivity contribution in [2.45, 2.75) is 6.92 Å². The first-order valence-corrected chi connectivity index (χ1v) is 7.40. The summed E-state index contributed by atoms with van der Waals surface area (Å²) in [5, 5.41) is 16.2. The van der Waals surface area contributed by atoms with Gasteiger partial charge < -0.3 is 20.0 Å². The summed E-state index contributed by atoms with van der Waals surface area (Å²) < 4.78 is 5.14. The van der Waals surface area contributed by atoms with Gasteiger partial charge in [-0.05, 0) is 55.0 Å². The SMILES string of the molecule is COc1ccc(C(=O)[O-])cc1NC(=S)NC(=O)c1ccc(C)cc1. The topological polar surface area (TPSA) is 90.5 Å². The lowest BCUT2D eigenvalue weighted by molar-refractivity contribution is -0.255. The van der Waals surface area contributed by atoms with Gasteiger partial charge in [0.2, 0.25) is 0 Å². The normalized spacial score (nSPS) is 9.92. The number of ether oxygens (including phenoxy) is 1. The summed E-state index contributed by atoms with van der Waals surface area (Å²) >= 11 is 5.09. The highest BCUT2D eigenvalue weighted by Crippen LogP contribution is 2.25. The number of nitrogens with one attached hydrogen (secondary N) is 2. The highest BCUT2D eigenvalue weighted by molar-refractivity contribution is 7.80. The Morgan fingerprint density at radius 1 is 1.08 bits per heavy atom. The maximum atomic E-state index is 12.1. The number of rotatable bonds is 4. The van der Waals surface area contributed by atoms with Crippen LogP contribution >= 0.6 is 12.2 Å². The molecule has 124 valence electrons. The van der Waals surface area contributed by atoms with Crippen LogP contribution in [0.3, 0.4) is 0 Å².